The van der Waals surface area contributed by atoms with Crippen LogP contribution in [0.5, 0.6) is 11.5 Å². The molecule has 0 bridgehead atoms. The number of nitrogens with one attached hydrogen (secondary N) is 2. The van der Waals surface area contributed by atoms with E-state index in [0.29, 0.717) is 34.9 Å². The largest absolute Gasteiger partial charge is 0.490 e. The quantitative estimate of drug-likeness (QED) is 0.605. The van der Waals surface area contributed by atoms with E-state index in [1.54, 1.807) is 39.0 Å². The zero-order chi connectivity index (χ0) is 21.4. The van der Waals surface area contributed by atoms with E-state index in [1.807, 2.05) is 6.92 Å². The first kappa shape index (κ1) is 22.1. The number of ether oxygens (including phenoxy) is 4. The molecule has 9 nitrogen and oxygen atoms in total. The van der Waals surface area contributed by atoms with Gasteiger partial charge in [0.1, 0.15) is 0 Å². The molecule has 1 aliphatic rings. The molecule has 1 aliphatic heterocycles. The van der Waals surface area contributed by atoms with Crippen molar-refractivity contribution in [3.05, 3.63) is 35.0 Å². The summed E-state index contributed by atoms with van der Waals surface area (Å²) in [5.41, 5.74) is 1.32. The first-order valence-corrected chi connectivity index (χ1v) is 9.41. The van der Waals surface area contributed by atoms with Crippen LogP contribution < -0.4 is 20.1 Å². The van der Waals surface area contributed by atoms with Gasteiger partial charge in [0, 0.05) is 5.70 Å². The minimum atomic E-state index is -0.721. The van der Waals surface area contributed by atoms with Crippen molar-refractivity contribution >= 4 is 18.0 Å². The van der Waals surface area contributed by atoms with Crippen LogP contribution in [0.15, 0.2) is 29.5 Å². The summed E-state index contributed by atoms with van der Waals surface area (Å²) in [5, 5.41) is 5.31. The fourth-order valence-corrected chi connectivity index (χ4v) is 2.85. The Kier molecular flexibility index (Phi) is 7.88. The van der Waals surface area contributed by atoms with Gasteiger partial charge in [0.25, 0.3) is 0 Å². The third-order valence-electron chi connectivity index (χ3n) is 4.02. The molecule has 0 unspecified atom stereocenters. The van der Waals surface area contributed by atoms with Crippen molar-refractivity contribution in [2.24, 2.45) is 0 Å². The van der Waals surface area contributed by atoms with Crippen molar-refractivity contribution in [2.45, 2.75) is 33.7 Å². The second kappa shape index (κ2) is 10.4. The van der Waals surface area contributed by atoms with Gasteiger partial charge in [-0.2, -0.15) is 0 Å². The summed E-state index contributed by atoms with van der Waals surface area (Å²) in [6, 6.07) is 3.81. The first-order chi connectivity index (χ1) is 13.9. The molecule has 29 heavy (non-hydrogen) atoms. The van der Waals surface area contributed by atoms with Gasteiger partial charge in [-0.15, -0.1) is 0 Å². The molecule has 9 heteroatoms. The number of carbonyl (C=O) groups is 3. The normalized spacial score (nSPS) is 15.9. The number of allylic oxidation sites excluding steroid dienone is 1. The average molecular weight is 406 g/mol. The molecule has 2 N–H and O–H groups in total. The van der Waals surface area contributed by atoms with E-state index in [4.69, 9.17) is 18.9 Å². The highest BCUT2D eigenvalue weighted by Gasteiger charge is 2.32. The van der Waals surface area contributed by atoms with Crippen LogP contribution in [0.2, 0.25) is 0 Å². The lowest BCUT2D eigenvalue weighted by Gasteiger charge is -2.28. The van der Waals surface area contributed by atoms with Crippen LogP contribution in [0.4, 0.5) is 4.79 Å². The van der Waals surface area contributed by atoms with Gasteiger partial charge in [0.05, 0.1) is 31.4 Å². The van der Waals surface area contributed by atoms with E-state index in [-0.39, 0.29) is 19.8 Å². The monoisotopic (exact) mass is 406 g/mol. The van der Waals surface area contributed by atoms with Crippen molar-refractivity contribution in [1.82, 2.24) is 10.6 Å². The van der Waals surface area contributed by atoms with E-state index in [0.717, 1.165) is 0 Å². The van der Waals surface area contributed by atoms with Gasteiger partial charge in [-0.3, -0.25) is 0 Å². The Morgan fingerprint density at radius 2 is 1.72 bits per heavy atom. The van der Waals surface area contributed by atoms with Crippen molar-refractivity contribution in [3.63, 3.8) is 0 Å². The SMILES string of the molecule is CCOC(=O)COc1ccc([C@@H]2NC(=O)NC(C)=C2C(=O)OCC)cc1OCC. The van der Waals surface area contributed by atoms with Gasteiger partial charge >= 0.3 is 18.0 Å². The molecule has 2 rings (SSSR count). The van der Waals surface area contributed by atoms with E-state index in [9.17, 15) is 14.4 Å². The van der Waals surface area contributed by atoms with Gasteiger partial charge in [-0.05, 0) is 45.4 Å². The minimum Gasteiger partial charge on any atom is -0.490 e. The molecule has 0 aromatic heterocycles. The van der Waals surface area contributed by atoms with Crippen molar-refractivity contribution in [1.29, 1.82) is 0 Å². The second-order valence-corrected chi connectivity index (χ2v) is 6.02. The number of benzene rings is 1. The van der Waals surface area contributed by atoms with Gasteiger partial charge in [-0.1, -0.05) is 6.07 Å². The summed E-state index contributed by atoms with van der Waals surface area (Å²) in [5.74, 6) is -0.291. The molecular weight excluding hydrogens is 380 g/mol. The highest BCUT2D eigenvalue weighted by Crippen LogP contribution is 2.34. The lowest BCUT2D eigenvalue weighted by Crippen LogP contribution is -2.45. The fraction of sp³-hybridized carbons (Fsp3) is 0.450. The van der Waals surface area contributed by atoms with Crippen molar-refractivity contribution in [2.75, 3.05) is 26.4 Å². The maximum Gasteiger partial charge on any atom is 0.344 e. The molecule has 0 saturated carbocycles. The second-order valence-electron chi connectivity index (χ2n) is 6.02. The smallest absolute Gasteiger partial charge is 0.344 e. The number of hydrogen-bond acceptors (Lipinski definition) is 7. The summed E-state index contributed by atoms with van der Waals surface area (Å²) in [4.78, 5) is 36.0. The summed E-state index contributed by atoms with van der Waals surface area (Å²) in [6.45, 7) is 7.43. The Morgan fingerprint density at radius 1 is 1.00 bits per heavy atom. The predicted molar refractivity (Wildman–Crippen MR) is 103 cm³/mol. The van der Waals surface area contributed by atoms with Gasteiger partial charge < -0.3 is 29.6 Å². The summed E-state index contributed by atoms with van der Waals surface area (Å²) >= 11 is 0. The Hall–Kier alpha value is -3.23. The molecule has 0 fully saturated rings. The Bertz CT molecular complexity index is 804. The highest BCUT2D eigenvalue weighted by atomic mass is 16.6. The van der Waals surface area contributed by atoms with Crippen molar-refractivity contribution < 1.29 is 33.3 Å². The molecule has 0 spiro atoms. The number of urea groups is 1. The van der Waals surface area contributed by atoms with E-state index < -0.39 is 24.0 Å². The summed E-state index contributed by atoms with van der Waals surface area (Å²) in [7, 11) is 0. The molecule has 2 amide bonds. The number of esters is 2. The minimum absolute atomic E-state index is 0.209. The van der Waals surface area contributed by atoms with E-state index in [1.165, 1.54) is 0 Å². The maximum absolute atomic E-state index is 12.4. The fourth-order valence-electron chi connectivity index (χ4n) is 2.85. The molecule has 0 aliphatic carbocycles. The lowest BCUT2D eigenvalue weighted by molar-refractivity contribution is -0.145. The van der Waals surface area contributed by atoms with Crippen LogP contribution in [-0.2, 0) is 19.1 Å². The zero-order valence-electron chi connectivity index (χ0n) is 17.0. The molecule has 0 saturated heterocycles. The Morgan fingerprint density at radius 3 is 2.38 bits per heavy atom. The van der Waals surface area contributed by atoms with E-state index >= 15 is 0 Å². The number of hydrogen-bond donors (Lipinski definition) is 2. The molecule has 1 heterocycles. The van der Waals surface area contributed by atoms with Crippen LogP contribution in [0.1, 0.15) is 39.3 Å². The summed E-state index contributed by atoms with van der Waals surface area (Å²) < 4.78 is 21.1. The molecule has 158 valence electrons. The van der Waals surface area contributed by atoms with Crippen LogP contribution >= 0.6 is 0 Å². The molecular formula is C20H26N2O7. The van der Waals surface area contributed by atoms with Crippen LogP contribution in [0.25, 0.3) is 0 Å². The molecule has 1 atom stereocenters. The number of carbonyl (C=O) groups excluding carboxylic acids is 3. The van der Waals surface area contributed by atoms with Crippen LogP contribution in [0, 0.1) is 0 Å². The molecule has 0 radical (unpaired) electrons. The average Bonchev–Trinajstić information content (AvgIpc) is 2.67. The molecule has 1 aromatic rings. The van der Waals surface area contributed by atoms with Gasteiger partial charge in [0.15, 0.2) is 18.1 Å². The summed E-state index contributed by atoms with van der Waals surface area (Å²) in [6.07, 6.45) is 0. The predicted octanol–water partition coefficient (Wildman–Crippen LogP) is 2.22. The number of rotatable bonds is 9. The standard InChI is InChI=1S/C20H26N2O7/c1-5-26-15-10-13(8-9-14(15)29-11-16(23)27-6-2)18-17(19(24)28-7-3)12(4)21-20(25)22-18/h8-10,18H,5-7,11H2,1-4H3,(H2,21,22,25)/t18-/m0/s1. The van der Waals surface area contributed by atoms with Gasteiger partial charge in [-0.25, -0.2) is 14.4 Å². The third-order valence-corrected chi connectivity index (χ3v) is 4.02. The highest BCUT2D eigenvalue weighted by molar-refractivity contribution is 5.95. The first-order valence-electron chi connectivity index (χ1n) is 9.41. The third kappa shape index (κ3) is 5.63. The topological polar surface area (TPSA) is 112 Å². The van der Waals surface area contributed by atoms with Crippen LogP contribution in [-0.4, -0.2) is 44.4 Å². The Labute approximate surface area is 169 Å². The maximum atomic E-state index is 12.4. The lowest BCUT2D eigenvalue weighted by atomic mass is 9.95. The van der Waals surface area contributed by atoms with E-state index in [2.05, 4.69) is 10.6 Å². The Balaban J connectivity index is 2.35. The zero-order valence-corrected chi connectivity index (χ0v) is 17.0. The van der Waals surface area contributed by atoms with Crippen LogP contribution in [0.3, 0.4) is 0 Å². The number of amides is 2. The van der Waals surface area contributed by atoms with Gasteiger partial charge in [0.2, 0.25) is 0 Å². The molecule has 1 aromatic carbocycles. The van der Waals surface area contributed by atoms with Crippen molar-refractivity contribution in [3.8, 4) is 11.5 Å².